The molecule has 9 heteroatoms. The lowest BCUT2D eigenvalue weighted by atomic mass is 9.80. The van der Waals surface area contributed by atoms with Crippen LogP contribution in [-0.4, -0.2) is 20.6 Å². The Morgan fingerprint density at radius 2 is 2.13 bits per heavy atom. The van der Waals surface area contributed by atoms with Gasteiger partial charge in [-0.15, -0.1) is 0 Å². The Morgan fingerprint density at radius 1 is 1.40 bits per heavy atom. The van der Waals surface area contributed by atoms with Gasteiger partial charge in [-0.2, -0.15) is 5.26 Å². The van der Waals surface area contributed by atoms with Crippen LogP contribution in [0.5, 0.6) is 0 Å². The molecule has 1 aromatic heterocycles. The van der Waals surface area contributed by atoms with E-state index >= 15 is 0 Å². The van der Waals surface area contributed by atoms with Gasteiger partial charge in [0.25, 0.3) is 0 Å². The van der Waals surface area contributed by atoms with Crippen LogP contribution in [0.3, 0.4) is 0 Å². The zero-order valence-electron chi connectivity index (χ0n) is 15.9. The first kappa shape index (κ1) is 20.4. The van der Waals surface area contributed by atoms with Crippen molar-refractivity contribution in [3.05, 3.63) is 80.0 Å². The lowest BCUT2D eigenvalue weighted by Gasteiger charge is -2.40. The van der Waals surface area contributed by atoms with Crippen molar-refractivity contribution in [3.63, 3.8) is 0 Å². The second-order valence-corrected chi connectivity index (χ2v) is 8.52. The third kappa shape index (κ3) is 2.97. The number of aromatic nitrogens is 2. The number of nitriles is 1. The number of rotatable bonds is 3. The third-order valence-electron chi connectivity index (χ3n) is 5.31. The summed E-state index contributed by atoms with van der Waals surface area (Å²) in [5.74, 6) is -1.84. The summed E-state index contributed by atoms with van der Waals surface area (Å²) in [5.41, 5.74) is 1.61. The summed E-state index contributed by atoms with van der Waals surface area (Å²) in [4.78, 5) is 16.2. The molecule has 0 saturated carbocycles. The summed E-state index contributed by atoms with van der Waals surface area (Å²) in [7, 11) is 0. The highest BCUT2D eigenvalue weighted by Crippen LogP contribution is 2.46. The molecule has 1 atom stereocenters. The van der Waals surface area contributed by atoms with Crippen molar-refractivity contribution >= 4 is 39.2 Å². The van der Waals surface area contributed by atoms with Crippen LogP contribution in [0.4, 0.5) is 10.1 Å². The van der Waals surface area contributed by atoms with E-state index in [4.69, 9.17) is 11.6 Å². The molecule has 2 N–H and O–H groups in total. The number of hydrogen-bond donors (Lipinski definition) is 2. The van der Waals surface area contributed by atoms with Gasteiger partial charge in [-0.25, -0.2) is 14.2 Å². The van der Waals surface area contributed by atoms with Gasteiger partial charge in [0, 0.05) is 0 Å². The summed E-state index contributed by atoms with van der Waals surface area (Å²) in [6, 6.07) is 11.1. The predicted octanol–water partition coefficient (Wildman–Crippen LogP) is 5.31. The number of fused-ring (bicyclic) bond motifs is 2. The lowest BCUT2D eigenvalue weighted by molar-refractivity contribution is 0.0689. The average molecular weight is 490 g/mol. The van der Waals surface area contributed by atoms with Crippen LogP contribution in [0.15, 0.2) is 41.1 Å². The maximum absolute atomic E-state index is 14.7. The van der Waals surface area contributed by atoms with Crippen LogP contribution < -0.4 is 5.32 Å². The second kappa shape index (κ2) is 7.11. The van der Waals surface area contributed by atoms with Crippen molar-refractivity contribution in [1.29, 1.82) is 5.26 Å². The first-order chi connectivity index (χ1) is 14.2. The fourth-order valence-electron chi connectivity index (χ4n) is 3.95. The Bertz CT molecular complexity index is 1250. The van der Waals surface area contributed by atoms with Crippen LogP contribution in [0, 0.1) is 17.1 Å². The molecular weight excluding hydrogens is 475 g/mol. The number of hydrogen-bond acceptors (Lipinski definition) is 4. The fourth-order valence-corrected chi connectivity index (χ4v) is 4.94. The van der Waals surface area contributed by atoms with E-state index in [9.17, 15) is 19.6 Å². The Balaban J connectivity index is 2.02. The van der Waals surface area contributed by atoms with E-state index < -0.39 is 23.4 Å². The van der Waals surface area contributed by atoms with Crippen LogP contribution in [0.2, 0.25) is 5.02 Å². The Kier molecular flexibility index (Phi) is 4.83. The van der Waals surface area contributed by atoms with Gasteiger partial charge in [-0.1, -0.05) is 23.7 Å². The molecular formula is C21H15BrClFN4O2. The standard InChI is InChI=1S/C21H15BrClFN4O2/c1-21(2)12-8-10(9-25)6-7-11(12)16(26-14-5-3-4-13(23)15(14)24)18-17(19(29)30)27-20(22)28(18)21/h3-8,16,26H,1-2H3,(H,29,30). The van der Waals surface area contributed by atoms with E-state index in [-0.39, 0.29) is 16.4 Å². The minimum Gasteiger partial charge on any atom is -0.476 e. The molecule has 0 bridgehead atoms. The monoisotopic (exact) mass is 488 g/mol. The summed E-state index contributed by atoms with van der Waals surface area (Å²) < 4.78 is 16.7. The van der Waals surface area contributed by atoms with E-state index in [0.717, 1.165) is 11.1 Å². The van der Waals surface area contributed by atoms with Gasteiger partial charge >= 0.3 is 5.97 Å². The van der Waals surface area contributed by atoms with Crippen LogP contribution in [0.1, 0.15) is 52.8 Å². The smallest absolute Gasteiger partial charge is 0.356 e. The molecule has 0 fully saturated rings. The molecule has 6 nitrogen and oxygen atoms in total. The molecule has 0 saturated heterocycles. The molecule has 3 aromatic rings. The highest BCUT2D eigenvalue weighted by molar-refractivity contribution is 9.10. The highest BCUT2D eigenvalue weighted by atomic mass is 79.9. The molecule has 152 valence electrons. The van der Waals surface area contributed by atoms with Crippen molar-refractivity contribution in [2.45, 2.75) is 25.4 Å². The van der Waals surface area contributed by atoms with Crippen molar-refractivity contribution < 1.29 is 14.3 Å². The molecule has 30 heavy (non-hydrogen) atoms. The molecule has 4 rings (SSSR count). The van der Waals surface area contributed by atoms with Crippen molar-refractivity contribution in [2.75, 3.05) is 5.32 Å². The normalized spacial score (nSPS) is 16.3. The van der Waals surface area contributed by atoms with Gasteiger partial charge in [0.2, 0.25) is 0 Å². The summed E-state index contributed by atoms with van der Waals surface area (Å²) in [6.45, 7) is 3.81. The van der Waals surface area contributed by atoms with E-state index in [1.807, 2.05) is 13.8 Å². The summed E-state index contributed by atoms with van der Waals surface area (Å²) in [5, 5.41) is 22.2. The zero-order chi connectivity index (χ0) is 21.8. The minimum absolute atomic E-state index is 0.0515. The largest absolute Gasteiger partial charge is 0.476 e. The highest BCUT2D eigenvalue weighted by Gasteiger charge is 2.42. The summed E-state index contributed by atoms with van der Waals surface area (Å²) in [6.07, 6.45) is 0. The summed E-state index contributed by atoms with van der Waals surface area (Å²) >= 11 is 9.31. The first-order valence-electron chi connectivity index (χ1n) is 8.93. The molecule has 0 radical (unpaired) electrons. The molecule has 0 spiro atoms. The quantitative estimate of drug-likeness (QED) is 0.520. The Hall–Kier alpha value is -2.89. The van der Waals surface area contributed by atoms with Gasteiger partial charge in [0.15, 0.2) is 16.2 Å². The third-order valence-corrected chi connectivity index (χ3v) is 6.13. The predicted molar refractivity (Wildman–Crippen MR) is 113 cm³/mol. The number of halogens is 3. The number of benzene rings is 2. The van der Waals surface area contributed by atoms with Gasteiger partial charge in [0.1, 0.15) is 0 Å². The topological polar surface area (TPSA) is 90.9 Å². The molecule has 1 aliphatic rings. The van der Waals surface area contributed by atoms with E-state index in [1.165, 1.54) is 12.1 Å². The van der Waals surface area contributed by atoms with Crippen LogP contribution in [-0.2, 0) is 5.54 Å². The van der Waals surface area contributed by atoms with Crippen molar-refractivity contribution in [3.8, 4) is 6.07 Å². The number of carboxylic acids is 1. The number of nitrogens with zero attached hydrogens (tertiary/aromatic N) is 3. The van der Waals surface area contributed by atoms with E-state index in [2.05, 4.69) is 32.3 Å². The van der Waals surface area contributed by atoms with Crippen molar-refractivity contribution in [2.24, 2.45) is 0 Å². The molecule has 2 heterocycles. The number of anilines is 1. The van der Waals surface area contributed by atoms with Crippen LogP contribution in [0.25, 0.3) is 0 Å². The van der Waals surface area contributed by atoms with Gasteiger partial charge < -0.3 is 15.0 Å². The molecule has 1 aliphatic heterocycles. The number of aromatic carboxylic acids is 1. The van der Waals surface area contributed by atoms with Gasteiger partial charge in [-0.05, 0) is 65.2 Å². The average Bonchev–Trinajstić information content (AvgIpc) is 3.06. The first-order valence-corrected chi connectivity index (χ1v) is 10.1. The van der Waals surface area contributed by atoms with Crippen molar-refractivity contribution in [1.82, 2.24) is 9.55 Å². The molecule has 0 amide bonds. The Morgan fingerprint density at radius 3 is 2.80 bits per heavy atom. The molecule has 0 aliphatic carbocycles. The number of carbonyl (C=O) groups is 1. The number of nitrogens with one attached hydrogen (secondary N) is 1. The van der Waals surface area contributed by atoms with E-state index in [1.54, 1.807) is 28.8 Å². The maximum Gasteiger partial charge on any atom is 0.356 e. The van der Waals surface area contributed by atoms with E-state index in [0.29, 0.717) is 16.0 Å². The molecule has 2 aromatic carbocycles. The SMILES string of the molecule is CC1(C)c2cc(C#N)ccc2C(Nc2cccc(Cl)c2F)c2c(C(=O)O)nc(Br)n21. The fraction of sp³-hybridized carbons (Fsp3) is 0.190. The minimum atomic E-state index is -1.20. The number of imidazole rings is 1. The van der Waals surface area contributed by atoms with Crippen LogP contribution >= 0.6 is 27.5 Å². The zero-order valence-corrected chi connectivity index (χ0v) is 18.2. The lowest BCUT2D eigenvalue weighted by Crippen LogP contribution is -2.39. The van der Waals surface area contributed by atoms with Gasteiger partial charge in [0.05, 0.1) is 39.6 Å². The number of carboxylic acid groups (broad SMARTS) is 1. The molecule has 1 unspecified atom stereocenters. The maximum atomic E-state index is 14.7. The van der Waals surface area contributed by atoms with Gasteiger partial charge in [-0.3, -0.25) is 0 Å². The Labute approximate surface area is 185 Å². The second-order valence-electron chi connectivity index (χ2n) is 7.41.